The molecule has 2 rings (SSSR count). The van der Waals surface area contributed by atoms with Crippen LogP contribution in [-0.2, 0) is 13.0 Å². The molecule has 4 heteroatoms. The number of nitrogens with zero attached hydrogens (tertiary/aromatic N) is 2. The number of nitrogens with one attached hydrogen (secondary N) is 1. The minimum absolute atomic E-state index is 0.375. The van der Waals surface area contributed by atoms with Gasteiger partial charge in [-0.25, -0.2) is 0 Å². The Morgan fingerprint density at radius 2 is 2.26 bits per heavy atom. The SMILES string of the molecule is CCCNC(Cc1ccsc1)c1cnn(CCC)c1. The molecule has 19 heavy (non-hydrogen) atoms. The molecule has 0 aromatic carbocycles. The molecule has 0 aliphatic heterocycles. The van der Waals surface area contributed by atoms with Crippen LogP contribution >= 0.6 is 11.3 Å². The number of aryl methyl sites for hydroxylation is 1. The highest BCUT2D eigenvalue weighted by Gasteiger charge is 2.13. The lowest BCUT2D eigenvalue weighted by atomic mass is 10.0. The fourth-order valence-electron chi connectivity index (χ4n) is 2.18. The quantitative estimate of drug-likeness (QED) is 0.798. The van der Waals surface area contributed by atoms with Crippen molar-refractivity contribution in [2.75, 3.05) is 6.54 Å². The molecule has 0 spiro atoms. The molecule has 0 aliphatic carbocycles. The van der Waals surface area contributed by atoms with Gasteiger partial charge in [0, 0.05) is 24.3 Å². The van der Waals surface area contributed by atoms with E-state index in [0.717, 1.165) is 32.4 Å². The molecule has 0 radical (unpaired) electrons. The molecule has 1 atom stereocenters. The zero-order chi connectivity index (χ0) is 13.5. The molecule has 2 heterocycles. The van der Waals surface area contributed by atoms with E-state index in [4.69, 9.17) is 0 Å². The first-order chi connectivity index (χ1) is 9.33. The number of thiophene rings is 1. The van der Waals surface area contributed by atoms with Gasteiger partial charge in [0.1, 0.15) is 0 Å². The molecule has 0 amide bonds. The highest BCUT2D eigenvalue weighted by atomic mass is 32.1. The summed E-state index contributed by atoms with van der Waals surface area (Å²) in [6.07, 6.45) is 7.52. The van der Waals surface area contributed by atoms with Crippen LogP contribution in [0.25, 0.3) is 0 Å². The van der Waals surface area contributed by atoms with E-state index in [-0.39, 0.29) is 0 Å². The topological polar surface area (TPSA) is 29.9 Å². The lowest BCUT2D eigenvalue weighted by Gasteiger charge is -2.16. The second kappa shape index (κ2) is 7.46. The Hall–Kier alpha value is -1.13. The van der Waals surface area contributed by atoms with E-state index in [1.807, 2.05) is 10.9 Å². The van der Waals surface area contributed by atoms with E-state index in [1.165, 1.54) is 11.1 Å². The van der Waals surface area contributed by atoms with Gasteiger partial charge in [0.2, 0.25) is 0 Å². The van der Waals surface area contributed by atoms with E-state index in [0.29, 0.717) is 6.04 Å². The second-order valence-corrected chi connectivity index (χ2v) is 5.66. The summed E-state index contributed by atoms with van der Waals surface area (Å²) >= 11 is 1.77. The smallest absolute Gasteiger partial charge is 0.0537 e. The van der Waals surface area contributed by atoms with Crippen LogP contribution in [-0.4, -0.2) is 16.3 Å². The fraction of sp³-hybridized carbons (Fsp3) is 0.533. The summed E-state index contributed by atoms with van der Waals surface area (Å²) in [6.45, 7) is 6.43. The molecule has 1 unspecified atom stereocenters. The van der Waals surface area contributed by atoms with E-state index in [9.17, 15) is 0 Å². The van der Waals surface area contributed by atoms with Crippen LogP contribution in [0.15, 0.2) is 29.2 Å². The zero-order valence-corrected chi connectivity index (χ0v) is 12.6. The summed E-state index contributed by atoms with van der Waals surface area (Å²) < 4.78 is 2.05. The normalized spacial score (nSPS) is 12.7. The van der Waals surface area contributed by atoms with Crippen LogP contribution in [0.1, 0.15) is 43.9 Å². The van der Waals surface area contributed by atoms with Crippen LogP contribution < -0.4 is 5.32 Å². The highest BCUT2D eigenvalue weighted by Crippen LogP contribution is 2.19. The van der Waals surface area contributed by atoms with Crippen molar-refractivity contribution >= 4 is 11.3 Å². The third-order valence-corrected chi connectivity index (χ3v) is 3.90. The Bertz CT molecular complexity index is 461. The van der Waals surface area contributed by atoms with Crippen molar-refractivity contribution in [2.45, 2.75) is 45.7 Å². The van der Waals surface area contributed by atoms with Gasteiger partial charge in [-0.2, -0.15) is 16.4 Å². The van der Waals surface area contributed by atoms with Gasteiger partial charge in [0.05, 0.1) is 6.20 Å². The third-order valence-electron chi connectivity index (χ3n) is 3.17. The van der Waals surface area contributed by atoms with Crippen molar-refractivity contribution in [2.24, 2.45) is 0 Å². The van der Waals surface area contributed by atoms with Crippen LogP contribution in [0.5, 0.6) is 0 Å². The number of aromatic nitrogens is 2. The Kier molecular flexibility index (Phi) is 5.61. The van der Waals surface area contributed by atoms with E-state index in [1.54, 1.807) is 11.3 Å². The first-order valence-corrected chi connectivity index (χ1v) is 8.04. The number of rotatable bonds is 8. The first kappa shape index (κ1) is 14.3. The summed E-state index contributed by atoms with van der Waals surface area (Å²) in [7, 11) is 0. The monoisotopic (exact) mass is 277 g/mol. The van der Waals surface area contributed by atoms with Gasteiger partial charge >= 0.3 is 0 Å². The molecule has 0 fully saturated rings. The molecule has 0 bridgehead atoms. The summed E-state index contributed by atoms with van der Waals surface area (Å²) in [5.74, 6) is 0. The minimum Gasteiger partial charge on any atom is -0.310 e. The molecule has 104 valence electrons. The maximum Gasteiger partial charge on any atom is 0.0537 e. The average Bonchev–Trinajstić information content (AvgIpc) is 3.06. The Morgan fingerprint density at radius 3 is 2.95 bits per heavy atom. The zero-order valence-electron chi connectivity index (χ0n) is 11.8. The average molecular weight is 277 g/mol. The van der Waals surface area contributed by atoms with Crippen LogP contribution in [0.4, 0.5) is 0 Å². The van der Waals surface area contributed by atoms with Crippen molar-refractivity contribution in [3.05, 3.63) is 40.3 Å². The molecular weight excluding hydrogens is 254 g/mol. The number of hydrogen-bond acceptors (Lipinski definition) is 3. The van der Waals surface area contributed by atoms with Crippen LogP contribution in [0, 0.1) is 0 Å². The third kappa shape index (κ3) is 4.18. The predicted octanol–water partition coefficient (Wildman–Crippen LogP) is 3.64. The van der Waals surface area contributed by atoms with Crippen molar-refractivity contribution in [3.8, 4) is 0 Å². The van der Waals surface area contributed by atoms with Crippen molar-refractivity contribution in [1.82, 2.24) is 15.1 Å². The summed E-state index contributed by atoms with van der Waals surface area (Å²) in [5.41, 5.74) is 2.70. The molecule has 3 nitrogen and oxygen atoms in total. The highest BCUT2D eigenvalue weighted by molar-refractivity contribution is 7.07. The van der Waals surface area contributed by atoms with Crippen molar-refractivity contribution < 1.29 is 0 Å². The van der Waals surface area contributed by atoms with Gasteiger partial charge < -0.3 is 5.32 Å². The summed E-state index contributed by atoms with van der Waals surface area (Å²) in [4.78, 5) is 0. The lowest BCUT2D eigenvalue weighted by Crippen LogP contribution is -2.23. The maximum atomic E-state index is 4.44. The first-order valence-electron chi connectivity index (χ1n) is 7.10. The second-order valence-electron chi connectivity index (χ2n) is 4.88. The standard InChI is InChI=1S/C15H23N3S/c1-3-6-16-15(9-13-5-8-19-12-13)14-10-17-18(11-14)7-4-2/h5,8,10-12,15-16H,3-4,6-7,9H2,1-2H3. The predicted molar refractivity (Wildman–Crippen MR) is 81.6 cm³/mol. The Balaban J connectivity index is 2.06. The molecule has 0 saturated carbocycles. The fourth-order valence-corrected chi connectivity index (χ4v) is 2.86. The summed E-state index contributed by atoms with van der Waals surface area (Å²) in [6, 6.07) is 2.59. The Morgan fingerprint density at radius 1 is 1.37 bits per heavy atom. The van der Waals surface area contributed by atoms with Crippen LogP contribution in [0.2, 0.25) is 0 Å². The largest absolute Gasteiger partial charge is 0.310 e. The Labute approximate surface area is 119 Å². The van der Waals surface area contributed by atoms with Crippen LogP contribution in [0.3, 0.4) is 0 Å². The van der Waals surface area contributed by atoms with Crippen molar-refractivity contribution in [3.63, 3.8) is 0 Å². The van der Waals surface area contributed by atoms with Gasteiger partial charge in [-0.1, -0.05) is 13.8 Å². The summed E-state index contributed by atoms with van der Waals surface area (Å²) in [5, 5.41) is 12.5. The van der Waals surface area contributed by atoms with E-state index < -0.39 is 0 Å². The molecular formula is C15H23N3S. The van der Waals surface area contributed by atoms with Gasteiger partial charge in [0.15, 0.2) is 0 Å². The van der Waals surface area contributed by atoms with Gasteiger partial charge in [-0.15, -0.1) is 0 Å². The van der Waals surface area contributed by atoms with Gasteiger partial charge in [0.25, 0.3) is 0 Å². The maximum absolute atomic E-state index is 4.44. The molecule has 1 N–H and O–H groups in total. The van der Waals surface area contributed by atoms with Crippen molar-refractivity contribution in [1.29, 1.82) is 0 Å². The molecule has 2 aromatic rings. The lowest BCUT2D eigenvalue weighted by molar-refractivity contribution is 0.528. The van der Waals surface area contributed by atoms with E-state index in [2.05, 4.69) is 47.3 Å². The van der Waals surface area contributed by atoms with Gasteiger partial charge in [-0.3, -0.25) is 4.68 Å². The molecule has 0 saturated heterocycles. The molecule has 0 aliphatic rings. The van der Waals surface area contributed by atoms with E-state index >= 15 is 0 Å². The number of hydrogen-bond donors (Lipinski definition) is 1. The molecule has 2 aromatic heterocycles. The van der Waals surface area contributed by atoms with Gasteiger partial charge in [-0.05, 0) is 48.2 Å². The minimum atomic E-state index is 0.375.